The number of esters is 2. The Kier molecular flexibility index (Phi) is 2.65. The molecule has 0 atom stereocenters. The Morgan fingerprint density at radius 3 is 1.58 bits per heavy atom. The molecular formula is C14H20O5. The number of carbonyl (C=O) groups is 3. The molecule has 0 unspecified atom stereocenters. The number of ether oxygens (including phenoxy) is 2. The molecule has 0 N–H and O–H groups in total. The number of cyclic esters (lactones) is 2. The second-order valence-electron chi connectivity index (χ2n) is 6.95. The Morgan fingerprint density at radius 1 is 0.895 bits per heavy atom. The highest BCUT2D eigenvalue weighted by Crippen LogP contribution is 2.69. The summed E-state index contributed by atoms with van der Waals surface area (Å²) in [6, 6.07) is 0. The van der Waals surface area contributed by atoms with E-state index in [1.165, 1.54) is 13.8 Å². The summed E-state index contributed by atoms with van der Waals surface area (Å²) in [6.45, 7) is 10.8. The van der Waals surface area contributed by atoms with E-state index in [9.17, 15) is 14.4 Å². The molecule has 1 saturated heterocycles. The molecule has 19 heavy (non-hydrogen) atoms. The second kappa shape index (κ2) is 3.58. The molecule has 1 aliphatic heterocycles. The number of hydrogen-bond donors (Lipinski definition) is 0. The van der Waals surface area contributed by atoms with Gasteiger partial charge < -0.3 is 9.47 Å². The van der Waals surface area contributed by atoms with Crippen molar-refractivity contribution in [3.8, 4) is 0 Å². The van der Waals surface area contributed by atoms with Gasteiger partial charge in [-0.05, 0) is 10.8 Å². The van der Waals surface area contributed by atoms with Gasteiger partial charge in [-0.15, -0.1) is 0 Å². The molecule has 2 fully saturated rings. The van der Waals surface area contributed by atoms with Crippen molar-refractivity contribution in [2.45, 2.75) is 47.3 Å². The lowest BCUT2D eigenvalue weighted by molar-refractivity contribution is -0.238. The van der Waals surface area contributed by atoms with Crippen molar-refractivity contribution in [1.82, 2.24) is 0 Å². The zero-order chi connectivity index (χ0) is 14.8. The molecule has 0 aromatic carbocycles. The fourth-order valence-electron chi connectivity index (χ4n) is 3.03. The maximum atomic E-state index is 12.4. The first kappa shape index (κ1) is 14.0. The minimum Gasteiger partial charge on any atom is -0.422 e. The van der Waals surface area contributed by atoms with Crippen LogP contribution in [0.2, 0.25) is 0 Å². The standard InChI is InChI=1S/C14H20O5/c1-12(2)9(13(12,3)4)8(15)7-10(16)18-14(5,6)19-11(7)17/h7,9H,1-6H3. The van der Waals surface area contributed by atoms with Crippen LogP contribution in [0.15, 0.2) is 0 Å². The molecule has 1 saturated carbocycles. The third-order valence-electron chi connectivity index (χ3n) is 4.75. The van der Waals surface area contributed by atoms with E-state index >= 15 is 0 Å². The van der Waals surface area contributed by atoms with E-state index in [1.807, 2.05) is 27.7 Å². The van der Waals surface area contributed by atoms with Gasteiger partial charge in [0.2, 0.25) is 5.92 Å². The minimum absolute atomic E-state index is 0.225. The Hall–Kier alpha value is -1.39. The second-order valence-corrected chi connectivity index (χ2v) is 6.95. The number of Topliss-reactive ketones (excluding diaryl/α,β-unsaturated/α-hetero) is 1. The van der Waals surface area contributed by atoms with Crippen LogP contribution in [0, 0.1) is 22.7 Å². The summed E-state index contributed by atoms with van der Waals surface area (Å²) in [4.78, 5) is 36.2. The molecule has 2 aliphatic rings. The lowest BCUT2D eigenvalue weighted by Crippen LogP contribution is -2.49. The van der Waals surface area contributed by atoms with Crippen molar-refractivity contribution in [1.29, 1.82) is 0 Å². The molecule has 0 spiro atoms. The molecule has 0 bridgehead atoms. The highest BCUT2D eigenvalue weighted by atomic mass is 16.7. The Balaban J connectivity index is 2.23. The van der Waals surface area contributed by atoms with Crippen LogP contribution >= 0.6 is 0 Å². The Labute approximate surface area is 112 Å². The zero-order valence-electron chi connectivity index (χ0n) is 12.2. The van der Waals surface area contributed by atoms with Crippen molar-refractivity contribution in [2.24, 2.45) is 22.7 Å². The van der Waals surface area contributed by atoms with Crippen molar-refractivity contribution in [3.05, 3.63) is 0 Å². The van der Waals surface area contributed by atoms with E-state index in [-0.39, 0.29) is 22.5 Å². The van der Waals surface area contributed by atoms with Gasteiger partial charge in [0.1, 0.15) is 0 Å². The van der Waals surface area contributed by atoms with Gasteiger partial charge in [0.15, 0.2) is 5.78 Å². The largest absolute Gasteiger partial charge is 0.422 e. The van der Waals surface area contributed by atoms with E-state index in [1.54, 1.807) is 0 Å². The average molecular weight is 268 g/mol. The Morgan fingerprint density at radius 2 is 1.26 bits per heavy atom. The summed E-state index contributed by atoms with van der Waals surface area (Å²) in [7, 11) is 0. The van der Waals surface area contributed by atoms with Crippen LogP contribution < -0.4 is 0 Å². The molecule has 5 heteroatoms. The van der Waals surface area contributed by atoms with E-state index < -0.39 is 23.6 Å². The van der Waals surface area contributed by atoms with Crippen LogP contribution in [0.5, 0.6) is 0 Å². The molecule has 0 amide bonds. The van der Waals surface area contributed by atoms with E-state index in [2.05, 4.69) is 0 Å². The summed E-state index contributed by atoms with van der Waals surface area (Å²) in [5, 5.41) is 0. The first-order valence-corrected chi connectivity index (χ1v) is 6.41. The monoisotopic (exact) mass is 268 g/mol. The molecule has 106 valence electrons. The zero-order valence-corrected chi connectivity index (χ0v) is 12.2. The van der Waals surface area contributed by atoms with Gasteiger partial charge in [-0.25, -0.2) is 0 Å². The number of hydrogen-bond acceptors (Lipinski definition) is 5. The summed E-state index contributed by atoms with van der Waals surface area (Å²) < 4.78 is 9.98. The lowest BCUT2D eigenvalue weighted by atomic mass is 9.95. The minimum atomic E-state index is -1.43. The summed E-state index contributed by atoms with van der Waals surface area (Å²) in [5.74, 6) is -5.04. The van der Waals surface area contributed by atoms with Crippen LogP contribution in [0.25, 0.3) is 0 Å². The normalized spacial score (nSPS) is 28.5. The quantitative estimate of drug-likeness (QED) is 0.563. The predicted octanol–water partition coefficient (Wildman–Crippen LogP) is 1.69. The maximum absolute atomic E-state index is 12.4. The number of rotatable bonds is 2. The fourth-order valence-corrected chi connectivity index (χ4v) is 3.03. The predicted molar refractivity (Wildman–Crippen MR) is 65.8 cm³/mol. The van der Waals surface area contributed by atoms with Crippen LogP contribution in [-0.2, 0) is 23.9 Å². The van der Waals surface area contributed by atoms with Gasteiger partial charge in [-0.2, -0.15) is 0 Å². The first-order valence-electron chi connectivity index (χ1n) is 6.41. The van der Waals surface area contributed by atoms with Gasteiger partial charge in [0, 0.05) is 19.8 Å². The van der Waals surface area contributed by atoms with E-state index in [0.717, 1.165) is 0 Å². The van der Waals surface area contributed by atoms with Gasteiger partial charge >= 0.3 is 11.9 Å². The van der Waals surface area contributed by atoms with Crippen LogP contribution in [-0.4, -0.2) is 23.5 Å². The van der Waals surface area contributed by atoms with Crippen LogP contribution in [0.4, 0.5) is 0 Å². The van der Waals surface area contributed by atoms with E-state index in [0.29, 0.717) is 0 Å². The Bertz CT molecular complexity index is 438. The average Bonchev–Trinajstić information content (AvgIpc) is 2.52. The number of carbonyl (C=O) groups excluding carboxylic acids is 3. The molecule has 5 nitrogen and oxygen atoms in total. The first-order chi connectivity index (χ1) is 8.42. The highest BCUT2D eigenvalue weighted by Gasteiger charge is 2.70. The molecule has 2 rings (SSSR count). The third-order valence-corrected chi connectivity index (χ3v) is 4.75. The summed E-state index contributed by atoms with van der Waals surface area (Å²) >= 11 is 0. The molecule has 0 radical (unpaired) electrons. The van der Waals surface area contributed by atoms with Crippen LogP contribution in [0.1, 0.15) is 41.5 Å². The topological polar surface area (TPSA) is 69.7 Å². The molecule has 0 aromatic rings. The van der Waals surface area contributed by atoms with Crippen molar-refractivity contribution < 1.29 is 23.9 Å². The SMILES string of the molecule is CC1(C)OC(=O)C(C(=O)C2C(C)(C)C2(C)C)C(=O)O1. The van der Waals surface area contributed by atoms with E-state index in [4.69, 9.17) is 9.47 Å². The molecule has 1 aliphatic carbocycles. The van der Waals surface area contributed by atoms with Gasteiger partial charge in [-0.1, -0.05) is 27.7 Å². The van der Waals surface area contributed by atoms with Crippen molar-refractivity contribution in [3.63, 3.8) is 0 Å². The highest BCUT2D eigenvalue weighted by molar-refractivity contribution is 6.17. The summed E-state index contributed by atoms with van der Waals surface area (Å²) in [5.41, 5.74) is -0.449. The van der Waals surface area contributed by atoms with Gasteiger partial charge in [0.05, 0.1) is 0 Å². The third kappa shape index (κ3) is 1.86. The van der Waals surface area contributed by atoms with Gasteiger partial charge in [-0.3, -0.25) is 14.4 Å². The smallest absolute Gasteiger partial charge is 0.331 e. The number of ketones is 1. The van der Waals surface area contributed by atoms with Crippen molar-refractivity contribution in [2.75, 3.05) is 0 Å². The maximum Gasteiger partial charge on any atom is 0.331 e. The molecule has 1 heterocycles. The fraction of sp³-hybridized carbons (Fsp3) is 0.786. The van der Waals surface area contributed by atoms with Crippen molar-refractivity contribution >= 4 is 17.7 Å². The molecular weight excluding hydrogens is 248 g/mol. The van der Waals surface area contributed by atoms with Gasteiger partial charge in [0.25, 0.3) is 5.79 Å². The summed E-state index contributed by atoms with van der Waals surface area (Å²) in [6.07, 6.45) is 0. The van der Waals surface area contributed by atoms with Crippen LogP contribution in [0.3, 0.4) is 0 Å². The molecule has 0 aromatic heterocycles. The lowest BCUT2D eigenvalue weighted by Gasteiger charge is -2.32.